The van der Waals surface area contributed by atoms with E-state index in [9.17, 15) is 18.8 Å². The molecule has 214 valence electrons. The van der Waals surface area contributed by atoms with E-state index in [1.165, 1.54) is 44.2 Å². The normalized spacial score (nSPS) is 10.9. The topological polar surface area (TPSA) is 106 Å². The van der Waals surface area contributed by atoms with E-state index < -0.39 is 17.6 Å². The zero-order valence-corrected chi connectivity index (χ0v) is 23.7. The van der Waals surface area contributed by atoms with Crippen LogP contribution in [0.2, 0.25) is 0 Å². The highest BCUT2D eigenvalue weighted by Gasteiger charge is 2.17. The number of hydrogen-bond donors (Lipinski definition) is 3. The first-order valence-corrected chi connectivity index (χ1v) is 13.7. The third kappa shape index (κ3) is 7.98. The summed E-state index contributed by atoms with van der Waals surface area (Å²) in [5, 5.41) is 8.03. The van der Waals surface area contributed by atoms with Gasteiger partial charge < -0.3 is 25.4 Å². The van der Waals surface area contributed by atoms with Crippen molar-refractivity contribution in [2.24, 2.45) is 0 Å². The maximum absolute atomic E-state index is 13.8. The Kier molecular flexibility index (Phi) is 10.3. The molecule has 42 heavy (non-hydrogen) atoms. The van der Waals surface area contributed by atoms with Crippen LogP contribution in [0.3, 0.4) is 0 Å². The summed E-state index contributed by atoms with van der Waals surface area (Å²) >= 11 is 1.26. The molecule has 4 rings (SSSR count). The van der Waals surface area contributed by atoms with Crippen molar-refractivity contribution >= 4 is 46.9 Å². The SMILES string of the molecule is COc1cccc(/C=C(\NC(=O)c2ccccc2)C(=O)Nc2ccc(SCC(=O)Nc3ccccc3F)cc2)c1OC. The molecule has 0 radical (unpaired) electrons. The van der Waals surface area contributed by atoms with Crippen LogP contribution in [0, 0.1) is 5.82 Å². The zero-order valence-electron chi connectivity index (χ0n) is 22.8. The van der Waals surface area contributed by atoms with Gasteiger partial charge in [-0.1, -0.05) is 42.5 Å². The number of amides is 3. The number of hydrogen-bond acceptors (Lipinski definition) is 6. The summed E-state index contributed by atoms with van der Waals surface area (Å²) in [5.74, 6) is -0.932. The predicted molar refractivity (Wildman–Crippen MR) is 162 cm³/mol. The van der Waals surface area contributed by atoms with E-state index in [0.29, 0.717) is 28.3 Å². The standard InChI is InChI=1S/C32H28FN3O5S/c1-40-28-14-8-11-22(30(28)41-2)19-27(36-31(38)21-9-4-3-5-10-21)32(39)34-23-15-17-24(18-16-23)42-20-29(37)35-26-13-7-6-12-25(26)33/h3-19H,20H2,1-2H3,(H,34,39)(H,35,37)(H,36,38)/b27-19-. The molecule has 3 N–H and O–H groups in total. The van der Waals surface area contributed by atoms with E-state index in [1.807, 2.05) is 0 Å². The van der Waals surface area contributed by atoms with Gasteiger partial charge in [-0.2, -0.15) is 0 Å². The number of thioether (sulfide) groups is 1. The maximum Gasteiger partial charge on any atom is 0.272 e. The van der Waals surface area contributed by atoms with E-state index in [1.54, 1.807) is 84.9 Å². The molecule has 4 aromatic carbocycles. The Morgan fingerprint density at radius 3 is 2.21 bits per heavy atom. The van der Waals surface area contributed by atoms with Crippen LogP contribution in [-0.4, -0.2) is 37.7 Å². The number of ether oxygens (including phenoxy) is 2. The van der Waals surface area contributed by atoms with Crippen molar-refractivity contribution in [2.45, 2.75) is 4.90 Å². The van der Waals surface area contributed by atoms with Gasteiger partial charge in [0.05, 0.1) is 25.7 Å². The van der Waals surface area contributed by atoms with Crippen LogP contribution in [0.1, 0.15) is 15.9 Å². The number of nitrogens with one attached hydrogen (secondary N) is 3. The van der Waals surface area contributed by atoms with Gasteiger partial charge in [0.2, 0.25) is 5.91 Å². The minimum Gasteiger partial charge on any atom is -0.493 e. The summed E-state index contributed by atoms with van der Waals surface area (Å²) in [5.41, 5.74) is 1.48. The Morgan fingerprint density at radius 2 is 1.52 bits per heavy atom. The Morgan fingerprint density at radius 1 is 0.810 bits per heavy atom. The minimum atomic E-state index is -0.561. The second-order valence-electron chi connectivity index (χ2n) is 8.76. The molecule has 0 bridgehead atoms. The average molecular weight is 586 g/mol. The van der Waals surface area contributed by atoms with Gasteiger partial charge in [-0.15, -0.1) is 11.8 Å². The number of rotatable bonds is 11. The highest BCUT2D eigenvalue weighted by Crippen LogP contribution is 2.32. The quantitative estimate of drug-likeness (QED) is 0.148. The average Bonchev–Trinajstić information content (AvgIpc) is 3.01. The fourth-order valence-corrected chi connectivity index (χ4v) is 4.55. The van der Waals surface area contributed by atoms with Crippen LogP contribution >= 0.6 is 11.8 Å². The van der Waals surface area contributed by atoms with Gasteiger partial charge in [-0.25, -0.2) is 4.39 Å². The van der Waals surface area contributed by atoms with Crippen LogP contribution in [-0.2, 0) is 9.59 Å². The largest absolute Gasteiger partial charge is 0.493 e. The van der Waals surface area contributed by atoms with E-state index in [2.05, 4.69) is 16.0 Å². The molecule has 4 aromatic rings. The van der Waals surface area contributed by atoms with Crippen LogP contribution in [0.4, 0.5) is 15.8 Å². The lowest BCUT2D eigenvalue weighted by Gasteiger charge is -2.14. The predicted octanol–water partition coefficient (Wildman–Crippen LogP) is 5.98. The molecule has 0 aliphatic heterocycles. The van der Waals surface area contributed by atoms with Crippen molar-refractivity contribution < 1.29 is 28.2 Å². The molecule has 0 atom stereocenters. The first-order valence-electron chi connectivity index (χ1n) is 12.8. The highest BCUT2D eigenvalue weighted by molar-refractivity contribution is 8.00. The molecule has 8 nitrogen and oxygen atoms in total. The summed E-state index contributed by atoms with van der Waals surface area (Å²) in [6.07, 6.45) is 1.51. The van der Waals surface area contributed by atoms with Crippen molar-refractivity contribution in [3.63, 3.8) is 0 Å². The molecule has 0 unspecified atom stereocenters. The van der Waals surface area contributed by atoms with Crippen molar-refractivity contribution in [2.75, 3.05) is 30.6 Å². The maximum atomic E-state index is 13.8. The van der Waals surface area contributed by atoms with E-state index >= 15 is 0 Å². The van der Waals surface area contributed by atoms with Crippen molar-refractivity contribution in [3.8, 4) is 11.5 Å². The third-order valence-electron chi connectivity index (χ3n) is 5.89. The molecule has 0 saturated heterocycles. The Bertz CT molecular complexity index is 1590. The van der Waals surface area contributed by atoms with Gasteiger partial charge in [0.1, 0.15) is 11.5 Å². The second kappa shape index (κ2) is 14.5. The number of methoxy groups -OCH3 is 2. The Hall–Kier alpha value is -5.09. The van der Waals surface area contributed by atoms with E-state index in [4.69, 9.17) is 9.47 Å². The number of benzene rings is 4. The highest BCUT2D eigenvalue weighted by atomic mass is 32.2. The number of halogens is 1. The molecule has 0 aliphatic carbocycles. The summed E-state index contributed by atoms with van der Waals surface area (Å²) < 4.78 is 24.6. The molecule has 0 heterocycles. The molecule has 0 spiro atoms. The van der Waals surface area contributed by atoms with Gasteiger partial charge in [0.25, 0.3) is 11.8 Å². The molecule has 0 fully saturated rings. The summed E-state index contributed by atoms with van der Waals surface area (Å²) in [6.45, 7) is 0. The monoisotopic (exact) mass is 585 g/mol. The fourth-order valence-electron chi connectivity index (χ4n) is 3.85. The Balaban J connectivity index is 1.47. The lowest BCUT2D eigenvalue weighted by atomic mass is 10.1. The molecular weight excluding hydrogens is 557 g/mol. The fraction of sp³-hybridized carbons (Fsp3) is 0.0938. The molecule has 3 amide bonds. The van der Waals surface area contributed by atoms with Gasteiger partial charge in [0, 0.05) is 21.7 Å². The summed E-state index contributed by atoms with van der Waals surface area (Å²) in [4.78, 5) is 39.3. The Labute approximate surface area is 246 Å². The van der Waals surface area contributed by atoms with Gasteiger partial charge in [0.15, 0.2) is 11.5 Å². The van der Waals surface area contributed by atoms with E-state index in [-0.39, 0.29) is 23.0 Å². The first kappa shape index (κ1) is 29.9. The zero-order chi connectivity index (χ0) is 29.9. The molecule has 10 heteroatoms. The first-order chi connectivity index (χ1) is 20.4. The minimum absolute atomic E-state index is 0.0151. The number of anilines is 2. The van der Waals surface area contributed by atoms with Crippen molar-refractivity contribution in [3.05, 3.63) is 120 Å². The van der Waals surface area contributed by atoms with Gasteiger partial charge >= 0.3 is 0 Å². The third-order valence-corrected chi connectivity index (χ3v) is 6.90. The van der Waals surface area contributed by atoms with Crippen LogP contribution in [0.25, 0.3) is 6.08 Å². The lowest BCUT2D eigenvalue weighted by Crippen LogP contribution is -2.30. The van der Waals surface area contributed by atoms with Crippen LogP contribution < -0.4 is 25.4 Å². The van der Waals surface area contributed by atoms with Crippen molar-refractivity contribution in [1.29, 1.82) is 0 Å². The summed E-state index contributed by atoms with van der Waals surface area (Å²) in [6, 6.07) is 26.5. The molecule has 0 saturated carbocycles. The smallest absolute Gasteiger partial charge is 0.272 e. The number of para-hydroxylation sites is 2. The van der Waals surface area contributed by atoms with Gasteiger partial charge in [-0.3, -0.25) is 14.4 Å². The summed E-state index contributed by atoms with van der Waals surface area (Å²) in [7, 11) is 2.99. The molecule has 0 aromatic heterocycles. The van der Waals surface area contributed by atoms with Crippen LogP contribution in [0.5, 0.6) is 11.5 Å². The lowest BCUT2D eigenvalue weighted by molar-refractivity contribution is -0.114. The van der Waals surface area contributed by atoms with Gasteiger partial charge in [-0.05, 0) is 60.7 Å². The number of carbonyl (C=O) groups excluding carboxylic acids is 3. The molecular formula is C32H28FN3O5S. The number of carbonyl (C=O) groups is 3. The molecule has 0 aliphatic rings. The second-order valence-corrected chi connectivity index (χ2v) is 9.80. The van der Waals surface area contributed by atoms with Crippen molar-refractivity contribution in [1.82, 2.24) is 5.32 Å². The van der Waals surface area contributed by atoms with E-state index in [0.717, 1.165) is 4.90 Å². The van der Waals surface area contributed by atoms with Crippen LogP contribution in [0.15, 0.2) is 108 Å².